The SMILES string of the molecule is CC(=O)OC(C)c1c(Cl)ccc(F)c1Cl.CC(=O)O[C@@H](C)c1c(Cl)ccc(F)c1Cl.CC(=O)O[C@@H](C)c1c(Cl)ccc(F)c1Cl.CC(=O)O[C@@H](C)c1c(Cl)ccc(F)c1Cl.C[C@@H](O)c1c(Cl)ccc(F)c1Cl.C[C@@H](OS(C)(=O)=O)c1c(Cl)ccc(F)c1Cl.C[C@H](O)c1c(Cl)ccc(F)c1Cl.[S-2].[S-2].[S-2].[SH-]. The molecule has 0 saturated carbocycles. The van der Waals surface area contributed by atoms with Gasteiger partial charge in [-0.15, -0.1) is 0 Å². The van der Waals surface area contributed by atoms with E-state index < -0.39 is 117 Å². The highest BCUT2D eigenvalue weighted by molar-refractivity contribution is 7.86. The largest absolute Gasteiger partial charge is 2.00 e. The number of halogens is 21. The van der Waals surface area contributed by atoms with Crippen molar-refractivity contribution >= 4 is 250 Å². The van der Waals surface area contributed by atoms with Crippen LogP contribution < -0.4 is 0 Å². The summed E-state index contributed by atoms with van der Waals surface area (Å²) >= 11 is 80.3. The van der Waals surface area contributed by atoms with Gasteiger partial charge in [0.1, 0.15) is 71.2 Å². The lowest BCUT2D eigenvalue weighted by Crippen LogP contribution is -2.09. The van der Waals surface area contributed by atoms with Crippen molar-refractivity contribution in [3.8, 4) is 0 Å². The summed E-state index contributed by atoms with van der Waals surface area (Å²) in [6, 6.07) is 17.6. The third-order valence-corrected chi connectivity index (χ3v) is 17.7. The molecule has 0 heterocycles. The summed E-state index contributed by atoms with van der Waals surface area (Å²) in [6.45, 7) is 15.7. The van der Waals surface area contributed by atoms with Gasteiger partial charge in [0.2, 0.25) is 0 Å². The van der Waals surface area contributed by atoms with Crippen molar-refractivity contribution < 1.29 is 91.7 Å². The molecule has 7 atom stereocenters. The minimum atomic E-state index is -3.66. The maximum Gasteiger partial charge on any atom is 0.303 e. The van der Waals surface area contributed by atoms with Crippen LogP contribution in [-0.2, 0) is 106 Å². The minimum Gasteiger partial charge on any atom is -2.00 e. The van der Waals surface area contributed by atoms with Crippen molar-refractivity contribution in [1.82, 2.24) is 0 Å². The zero-order valence-corrected chi connectivity index (χ0v) is 70.3. The Morgan fingerprint density at radius 3 is 0.567 bits per heavy atom. The quantitative estimate of drug-likeness (QED) is 0.0211. The molecule has 0 aliphatic carbocycles. The van der Waals surface area contributed by atoms with Crippen LogP contribution in [0.1, 0.15) is 158 Å². The van der Waals surface area contributed by atoms with Gasteiger partial charge < -0.3 is 83.1 Å². The van der Waals surface area contributed by atoms with E-state index in [4.69, 9.17) is 181 Å². The molecule has 1 unspecified atom stereocenters. The molecule has 7 rings (SSSR count). The molecule has 0 aliphatic rings. The first kappa shape index (κ1) is 108. The zero-order chi connectivity index (χ0) is 77.5. The normalized spacial score (nSPS) is 12.3. The number of aliphatic hydroxyl groups excluding tert-OH is 2. The Balaban J connectivity index is -0.000000558. The highest BCUT2D eigenvalue weighted by Gasteiger charge is 2.25. The Bertz CT molecular complexity index is 3780. The van der Waals surface area contributed by atoms with Gasteiger partial charge in [0.05, 0.1) is 53.6 Å². The maximum absolute atomic E-state index is 13.2. The number of aliphatic hydroxyl groups is 2. The number of benzene rings is 7. The van der Waals surface area contributed by atoms with Crippen LogP contribution in [0.3, 0.4) is 0 Å². The second-order valence-electron chi connectivity index (χ2n) is 20.1. The van der Waals surface area contributed by atoms with Crippen LogP contribution in [-0.4, -0.2) is 48.8 Å². The number of carbonyl (C=O) groups excluding carboxylic acids is 4. The van der Waals surface area contributed by atoms with Crippen molar-refractivity contribution in [2.45, 2.75) is 119 Å². The van der Waals surface area contributed by atoms with Crippen LogP contribution in [0, 0.1) is 40.7 Å². The third-order valence-electron chi connectivity index (χ3n) is 12.1. The van der Waals surface area contributed by atoms with Gasteiger partial charge in [0.25, 0.3) is 10.1 Å². The van der Waals surface area contributed by atoms with Crippen molar-refractivity contribution in [2.75, 3.05) is 6.26 Å². The molecule has 104 heavy (non-hydrogen) atoms. The molecule has 0 fully saturated rings. The average molecular weight is 1840 g/mol. The van der Waals surface area contributed by atoms with Crippen LogP contribution in [0.2, 0.25) is 70.3 Å². The van der Waals surface area contributed by atoms with Crippen LogP contribution in [0.4, 0.5) is 30.7 Å². The van der Waals surface area contributed by atoms with Crippen LogP contribution in [0.15, 0.2) is 84.9 Å². The van der Waals surface area contributed by atoms with Crippen LogP contribution >= 0.6 is 162 Å². The summed E-state index contributed by atoms with van der Waals surface area (Å²) < 4.78 is 137. The lowest BCUT2D eigenvalue weighted by atomic mass is 10.1. The van der Waals surface area contributed by atoms with Crippen LogP contribution in [0.5, 0.6) is 0 Å². The van der Waals surface area contributed by atoms with Gasteiger partial charge in [-0.25, -0.2) is 30.7 Å². The molecule has 0 amide bonds. The Morgan fingerprint density at radius 2 is 0.442 bits per heavy atom. The molecular formula is C65H60Cl14F7O13S5-7. The number of hydrogen-bond donors (Lipinski definition) is 2. The molecule has 0 aliphatic heterocycles. The number of hydrogen-bond acceptors (Lipinski definition) is 14. The van der Waals surface area contributed by atoms with Gasteiger partial charge in [0.15, 0.2) is 0 Å². The van der Waals surface area contributed by atoms with E-state index in [0.717, 1.165) is 48.7 Å². The monoisotopic (exact) mass is 1830 g/mol. The summed E-state index contributed by atoms with van der Waals surface area (Å²) in [5.41, 5.74) is 1.73. The standard InChI is InChI=1S/4C10H9Cl2FO2.C9H9Cl2FO3S.2C8H7Cl2FO.H2S.3S/c4*1-5(15-6(2)14)9-7(11)3-4-8(13)10(9)12;1-5(15-16(2,13)14)8-6(10)3-4-7(12)9(8)11;2*1-4(12)7-5(9)2-3-6(11)8(7)10;;;;/h4*3-5H,1-2H3;3-5H,1-2H3;2*2-4,12H,1H3;1H2;;;/q;;;;;;;;3*-2/p-1/t3*5-;;5-;2*4-;;;;/m000.110..../s1. The van der Waals surface area contributed by atoms with Crippen molar-refractivity contribution in [2.24, 2.45) is 0 Å². The fourth-order valence-electron chi connectivity index (χ4n) is 7.97. The Morgan fingerprint density at radius 1 is 0.308 bits per heavy atom. The topological polar surface area (TPSA) is 189 Å². The number of rotatable bonds is 13. The van der Waals surface area contributed by atoms with Gasteiger partial charge in [0, 0.05) is 102 Å². The lowest BCUT2D eigenvalue weighted by molar-refractivity contribution is -0.146. The molecule has 0 radical (unpaired) electrons. The molecular weight excluding hydrogens is 1780 g/mol. The second kappa shape index (κ2) is 50.9. The first-order valence-corrected chi connectivity index (χ1v) is 35.0. The van der Waals surface area contributed by atoms with Gasteiger partial charge in [-0.1, -0.05) is 162 Å². The smallest absolute Gasteiger partial charge is 0.303 e. The maximum atomic E-state index is 13.2. The van der Waals surface area contributed by atoms with Crippen molar-refractivity contribution in [3.05, 3.63) is 235 Å². The summed E-state index contributed by atoms with van der Waals surface area (Å²) in [5.74, 6) is -6.06. The highest BCUT2D eigenvalue weighted by atomic mass is 35.5. The van der Waals surface area contributed by atoms with E-state index in [1.54, 1.807) is 27.7 Å². The molecule has 0 saturated heterocycles. The molecule has 0 bridgehead atoms. The van der Waals surface area contributed by atoms with E-state index in [2.05, 4.69) is 4.18 Å². The number of esters is 4. The molecule has 39 heteroatoms. The summed E-state index contributed by atoms with van der Waals surface area (Å²) in [6.07, 6.45) is -4.44. The first-order valence-electron chi connectivity index (χ1n) is 27.9. The van der Waals surface area contributed by atoms with Crippen LogP contribution in [0.25, 0.3) is 0 Å². The number of ether oxygens (including phenoxy) is 4. The van der Waals surface area contributed by atoms with E-state index in [-0.39, 0.29) is 163 Å². The van der Waals surface area contributed by atoms with E-state index >= 15 is 0 Å². The van der Waals surface area contributed by atoms with Gasteiger partial charge in [-0.05, 0) is 133 Å². The number of carbonyl (C=O) groups is 4. The van der Waals surface area contributed by atoms with Gasteiger partial charge >= 0.3 is 23.9 Å². The van der Waals surface area contributed by atoms with E-state index in [1.165, 1.54) is 90.9 Å². The molecule has 2 N–H and O–H groups in total. The van der Waals surface area contributed by atoms with E-state index in [1.807, 2.05) is 0 Å². The summed E-state index contributed by atoms with van der Waals surface area (Å²) in [4.78, 5) is 42.9. The van der Waals surface area contributed by atoms with Gasteiger partial charge in [-0.3, -0.25) is 23.4 Å². The number of thiol groups is 1. The molecule has 7 aromatic carbocycles. The molecule has 582 valence electrons. The second-order valence-corrected chi connectivity index (χ2v) is 27.2. The minimum absolute atomic E-state index is 0. The summed E-state index contributed by atoms with van der Waals surface area (Å²) in [7, 11) is -3.66. The molecule has 0 aromatic heterocycles. The fourth-order valence-corrected chi connectivity index (χ4v) is 13.4. The third kappa shape index (κ3) is 35.1. The molecule has 0 spiro atoms. The Hall–Kier alpha value is -2.78. The molecule has 13 nitrogen and oxygen atoms in total. The first-order chi connectivity index (χ1) is 46.0. The molecule has 7 aromatic rings. The predicted molar refractivity (Wildman–Crippen MR) is 412 cm³/mol. The Kier molecular flexibility index (Phi) is 52.6. The van der Waals surface area contributed by atoms with E-state index in [9.17, 15) is 68.5 Å². The highest BCUT2D eigenvalue weighted by Crippen LogP contribution is 2.40. The average Bonchev–Trinajstić information content (AvgIpc) is 0.807. The zero-order valence-electron chi connectivity index (χ0n) is 55.5. The predicted octanol–water partition coefficient (Wildman–Crippen LogP) is 24.3. The van der Waals surface area contributed by atoms with Gasteiger partial charge in [-0.2, -0.15) is 8.42 Å². The fraction of sp³-hybridized carbons (Fsp3) is 0.292. The summed E-state index contributed by atoms with van der Waals surface area (Å²) in [5, 5.41) is 19.2. The van der Waals surface area contributed by atoms with E-state index in [0.29, 0.717) is 0 Å². The van der Waals surface area contributed by atoms with Crippen molar-refractivity contribution in [1.29, 1.82) is 0 Å². The Labute approximate surface area is 695 Å². The van der Waals surface area contributed by atoms with Crippen molar-refractivity contribution in [3.63, 3.8) is 0 Å². The lowest BCUT2D eigenvalue weighted by Gasteiger charge is -2.15.